The lowest BCUT2D eigenvalue weighted by molar-refractivity contribution is -0.117. The van der Waals surface area contributed by atoms with Crippen LogP contribution in [0.4, 0.5) is 11.4 Å². The third-order valence-corrected chi connectivity index (χ3v) is 4.90. The molecule has 3 rings (SSSR count). The van der Waals surface area contributed by atoms with Gasteiger partial charge < -0.3 is 29.5 Å². The number of phenols is 1. The van der Waals surface area contributed by atoms with Crippen LogP contribution in [-0.2, 0) is 4.79 Å². The topological polar surface area (TPSA) is 83.5 Å². The number of ether oxygens (including phenoxy) is 3. The van der Waals surface area contributed by atoms with Crippen molar-refractivity contribution >= 4 is 17.3 Å². The molecule has 1 aliphatic rings. The molecule has 2 N–H and O–H groups in total. The van der Waals surface area contributed by atoms with E-state index in [4.69, 9.17) is 14.2 Å². The van der Waals surface area contributed by atoms with E-state index in [9.17, 15) is 9.90 Å². The van der Waals surface area contributed by atoms with Gasteiger partial charge in [0.05, 0.1) is 27.9 Å². The Morgan fingerprint density at radius 3 is 2.07 bits per heavy atom. The van der Waals surface area contributed by atoms with E-state index >= 15 is 0 Å². The van der Waals surface area contributed by atoms with Gasteiger partial charge in [0.2, 0.25) is 11.7 Å². The molecule has 1 heterocycles. The monoisotopic (exact) mass is 401 g/mol. The van der Waals surface area contributed by atoms with Crippen molar-refractivity contribution < 1.29 is 24.1 Å². The number of piperazine rings is 1. The molecule has 156 valence electrons. The zero-order chi connectivity index (χ0) is 20.8. The molecule has 8 heteroatoms. The zero-order valence-electron chi connectivity index (χ0n) is 17.0. The molecule has 0 bridgehead atoms. The van der Waals surface area contributed by atoms with Crippen molar-refractivity contribution in [2.45, 2.75) is 0 Å². The SMILES string of the molecule is COc1cc(NC(=O)CN2CCN(c3ccc(O)cc3)CC2)cc(OC)c1OC. The maximum atomic E-state index is 12.5. The largest absolute Gasteiger partial charge is 0.508 e. The summed E-state index contributed by atoms with van der Waals surface area (Å²) in [4.78, 5) is 16.9. The molecule has 8 nitrogen and oxygen atoms in total. The highest BCUT2D eigenvalue weighted by Gasteiger charge is 2.20. The van der Waals surface area contributed by atoms with Gasteiger partial charge in [0, 0.05) is 49.7 Å². The Morgan fingerprint density at radius 1 is 0.966 bits per heavy atom. The van der Waals surface area contributed by atoms with Crippen LogP contribution in [0.1, 0.15) is 0 Å². The Bertz CT molecular complexity index is 808. The van der Waals surface area contributed by atoms with Gasteiger partial charge in [-0.1, -0.05) is 0 Å². The first-order valence-corrected chi connectivity index (χ1v) is 9.40. The zero-order valence-corrected chi connectivity index (χ0v) is 17.0. The number of methoxy groups -OCH3 is 3. The second-order valence-corrected chi connectivity index (χ2v) is 6.74. The van der Waals surface area contributed by atoms with Crippen molar-refractivity contribution in [1.82, 2.24) is 4.90 Å². The van der Waals surface area contributed by atoms with E-state index in [0.717, 1.165) is 31.9 Å². The first kappa shape index (κ1) is 20.6. The Morgan fingerprint density at radius 2 is 1.55 bits per heavy atom. The molecule has 1 fully saturated rings. The number of phenolic OH excluding ortho intramolecular Hbond substituents is 1. The fourth-order valence-corrected chi connectivity index (χ4v) is 3.38. The molecule has 0 atom stereocenters. The van der Waals surface area contributed by atoms with Gasteiger partial charge in [-0.15, -0.1) is 0 Å². The summed E-state index contributed by atoms with van der Waals surface area (Å²) >= 11 is 0. The van der Waals surface area contributed by atoms with E-state index in [1.165, 1.54) is 21.3 Å². The predicted molar refractivity (Wildman–Crippen MR) is 111 cm³/mol. The summed E-state index contributed by atoms with van der Waals surface area (Å²) in [5, 5.41) is 12.3. The summed E-state index contributed by atoms with van der Waals surface area (Å²) in [7, 11) is 4.61. The second kappa shape index (κ2) is 9.38. The summed E-state index contributed by atoms with van der Waals surface area (Å²) in [5.74, 6) is 1.63. The van der Waals surface area contributed by atoms with Gasteiger partial charge in [-0.2, -0.15) is 0 Å². The first-order chi connectivity index (χ1) is 14.0. The van der Waals surface area contributed by atoms with E-state index < -0.39 is 0 Å². The third-order valence-electron chi connectivity index (χ3n) is 4.90. The highest BCUT2D eigenvalue weighted by atomic mass is 16.5. The van der Waals surface area contributed by atoms with Gasteiger partial charge in [-0.05, 0) is 24.3 Å². The van der Waals surface area contributed by atoms with E-state index in [1.807, 2.05) is 12.1 Å². The molecule has 0 aromatic heterocycles. The minimum Gasteiger partial charge on any atom is -0.508 e. The number of aromatic hydroxyl groups is 1. The van der Waals surface area contributed by atoms with Crippen molar-refractivity contribution in [1.29, 1.82) is 0 Å². The normalized spacial score (nSPS) is 14.4. The number of anilines is 2. The third kappa shape index (κ3) is 5.03. The number of carbonyl (C=O) groups is 1. The maximum Gasteiger partial charge on any atom is 0.238 e. The highest BCUT2D eigenvalue weighted by Crippen LogP contribution is 2.39. The molecule has 0 spiro atoms. The predicted octanol–water partition coefficient (Wildman–Crippen LogP) is 2.18. The number of carbonyl (C=O) groups excluding carboxylic acids is 1. The molecule has 2 aromatic rings. The number of rotatable bonds is 7. The van der Waals surface area contributed by atoms with Gasteiger partial charge in [0.25, 0.3) is 0 Å². The average molecular weight is 401 g/mol. The highest BCUT2D eigenvalue weighted by molar-refractivity contribution is 5.93. The molecule has 1 amide bonds. The Balaban J connectivity index is 1.56. The number of nitrogens with one attached hydrogen (secondary N) is 1. The Hall–Kier alpha value is -3.13. The standard InChI is InChI=1S/C21H27N3O5/c1-27-18-12-15(13-19(28-2)21(18)29-3)22-20(26)14-23-8-10-24(11-9-23)16-4-6-17(25)7-5-16/h4-7,12-13,25H,8-11,14H2,1-3H3,(H,22,26). The van der Waals surface area contributed by atoms with Crippen molar-refractivity contribution in [3.8, 4) is 23.0 Å². The van der Waals surface area contributed by atoms with Crippen LogP contribution in [0.15, 0.2) is 36.4 Å². The number of nitrogens with zero attached hydrogens (tertiary/aromatic N) is 2. The van der Waals surface area contributed by atoms with Gasteiger partial charge >= 0.3 is 0 Å². The quantitative estimate of drug-likeness (QED) is 0.736. The molecule has 1 saturated heterocycles. The Kier molecular flexibility index (Phi) is 6.66. The van der Waals surface area contributed by atoms with Crippen LogP contribution >= 0.6 is 0 Å². The smallest absolute Gasteiger partial charge is 0.238 e. The number of hydrogen-bond acceptors (Lipinski definition) is 7. The molecule has 1 aliphatic heterocycles. The molecule has 0 unspecified atom stereocenters. The second-order valence-electron chi connectivity index (χ2n) is 6.74. The summed E-state index contributed by atoms with van der Waals surface area (Å²) < 4.78 is 16.0. The summed E-state index contributed by atoms with van der Waals surface area (Å²) in [6.45, 7) is 3.51. The molecule has 29 heavy (non-hydrogen) atoms. The maximum absolute atomic E-state index is 12.5. The minimum atomic E-state index is -0.0997. The lowest BCUT2D eigenvalue weighted by Gasteiger charge is -2.35. The molecular formula is C21H27N3O5. The first-order valence-electron chi connectivity index (χ1n) is 9.40. The minimum absolute atomic E-state index is 0.0997. The molecule has 0 radical (unpaired) electrons. The fourth-order valence-electron chi connectivity index (χ4n) is 3.38. The average Bonchev–Trinajstić information content (AvgIpc) is 2.74. The van der Waals surface area contributed by atoms with Crippen LogP contribution in [0, 0.1) is 0 Å². The number of hydrogen-bond donors (Lipinski definition) is 2. The van der Waals surface area contributed by atoms with Crippen LogP contribution < -0.4 is 24.4 Å². The van der Waals surface area contributed by atoms with E-state index in [1.54, 1.807) is 24.3 Å². The molecule has 0 saturated carbocycles. The van der Waals surface area contributed by atoms with Crippen LogP contribution in [0.2, 0.25) is 0 Å². The lowest BCUT2D eigenvalue weighted by atomic mass is 10.2. The number of amides is 1. The van der Waals surface area contributed by atoms with Crippen molar-refractivity contribution in [3.63, 3.8) is 0 Å². The van der Waals surface area contributed by atoms with Crippen LogP contribution in [0.25, 0.3) is 0 Å². The van der Waals surface area contributed by atoms with Gasteiger partial charge in [0.1, 0.15) is 5.75 Å². The van der Waals surface area contributed by atoms with Crippen molar-refractivity contribution in [3.05, 3.63) is 36.4 Å². The van der Waals surface area contributed by atoms with Crippen LogP contribution in [0.5, 0.6) is 23.0 Å². The van der Waals surface area contributed by atoms with Gasteiger partial charge in [-0.25, -0.2) is 0 Å². The van der Waals surface area contributed by atoms with Crippen LogP contribution in [-0.4, -0.2) is 70.0 Å². The fraction of sp³-hybridized carbons (Fsp3) is 0.381. The summed E-state index contributed by atoms with van der Waals surface area (Å²) in [6, 6.07) is 10.6. The Labute approximate surface area is 170 Å². The van der Waals surface area contributed by atoms with Crippen LogP contribution in [0.3, 0.4) is 0 Å². The number of benzene rings is 2. The lowest BCUT2D eigenvalue weighted by Crippen LogP contribution is -2.48. The van der Waals surface area contributed by atoms with Crippen molar-refractivity contribution in [2.75, 3.05) is 64.3 Å². The molecule has 2 aromatic carbocycles. The van der Waals surface area contributed by atoms with E-state index in [0.29, 0.717) is 29.5 Å². The molecular weight excluding hydrogens is 374 g/mol. The van der Waals surface area contributed by atoms with Gasteiger partial charge in [-0.3, -0.25) is 9.69 Å². The van der Waals surface area contributed by atoms with E-state index in [-0.39, 0.29) is 11.7 Å². The summed E-state index contributed by atoms with van der Waals surface area (Å²) in [6.07, 6.45) is 0. The van der Waals surface area contributed by atoms with Crippen molar-refractivity contribution in [2.24, 2.45) is 0 Å². The van der Waals surface area contributed by atoms with E-state index in [2.05, 4.69) is 15.1 Å². The summed E-state index contributed by atoms with van der Waals surface area (Å²) in [5.41, 5.74) is 1.66. The molecule has 0 aliphatic carbocycles. The van der Waals surface area contributed by atoms with Gasteiger partial charge in [0.15, 0.2) is 11.5 Å².